The molecule has 0 saturated heterocycles. The minimum absolute atomic E-state index is 0.0208. The molecule has 182 valence electrons. The molecular formula is C25H26FN5O4. The summed E-state index contributed by atoms with van der Waals surface area (Å²) in [6.45, 7) is 1.46. The molecule has 9 nitrogen and oxygen atoms in total. The second-order valence-electron chi connectivity index (χ2n) is 8.28. The number of halogens is 1. The molecule has 1 amide bonds. The van der Waals surface area contributed by atoms with Gasteiger partial charge in [0.15, 0.2) is 5.65 Å². The van der Waals surface area contributed by atoms with E-state index in [2.05, 4.69) is 15.3 Å². The van der Waals surface area contributed by atoms with Crippen molar-refractivity contribution in [3.8, 4) is 0 Å². The summed E-state index contributed by atoms with van der Waals surface area (Å²) in [6.07, 6.45) is 1.36. The number of aromatic amines is 1. The lowest BCUT2D eigenvalue weighted by Gasteiger charge is -2.11. The molecule has 4 aromatic rings. The number of anilines is 1. The number of hydrogen-bond donors (Lipinski definition) is 3. The average Bonchev–Trinajstić information content (AvgIpc) is 3.25. The van der Waals surface area contributed by atoms with E-state index in [1.165, 1.54) is 23.6 Å². The van der Waals surface area contributed by atoms with Crippen LogP contribution in [0.1, 0.15) is 36.7 Å². The quantitative estimate of drug-likeness (QED) is 0.318. The Bertz CT molecular complexity index is 1470. The average molecular weight is 480 g/mol. The van der Waals surface area contributed by atoms with Gasteiger partial charge in [-0.3, -0.25) is 18.7 Å². The SMILES string of the molecule is CC(=O)Nc1ccc(Cc2nc3c([nH]2)c(=O)n(Cc2ccccc2F)c(=O)n3CCCCO)cc1. The van der Waals surface area contributed by atoms with Crippen molar-refractivity contribution in [2.45, 2.75) is 39.3 Å². The number of aliphatic hydroxyl groups is 1. The highest BCUT2D eigenvalue weighted by atomic mass is 19.1. The number of hydrogen-bond acceptors (Lipinski definition) is 5. The molecule has 0 aliphatic heterocycles. The van der Waals surface area contributed by atoms with Gasteiger partial charge in [0.05, 0.1) is 6.54 Å². The molecule has 2 aromatic heterocycles. The molecule has 0 saturated carbocycles. The number of nitrogens with zero attached hydrogens (tertiary/aromatic N) is 3. The third kappa shape index (κ3) is 5.38. The summed E-state index contributed by atoms with van der Waals surface area (Å²) < 4.78 is 16.7. The molecule has 0 aliphatic carbocycles. The standard InChI is InChI=1S/C25H26FN5O4/c1-16(33)27-19-10-8-17(9-11-19)14-21-28-22-23(29-21)30(12-4-5-13-32)25(35)31(24(22)34)15-18-6-2-3-7-20(18)26/h2-3,6-11,32H,4-5,12-15H2,1H3,(H,27,33)(H,28,29). The van der Waals surface area contributed by atoms with E-state index in [0.717, 1.165) is 10.1 Å². The van der Waals surface area contributed by atoms with Gasteiger partial charge in [0.25, 0.3) is 5.56 Å². The fraction of sp³-hybridized carbons (Fsp3) is 0.280. The molecule has 35 heavy (non-hydrogen) atoms. The van der Waals surface area contributed by atoms with Gasteiger partial charge in [0.1, 0.15) is 17.2 Å². The van der Waals surface area contributed by atoms with Crippen molar-refractivity contribution in [1.82, 2.24) is 19.1 Å². The van der Waals surface area contributed by atoms with Crippen molar-refractivity contribution in [1.29, 1.82) is 0 Å². The number of aromatic nitrogens is 4. The molecule has 0 bridgehead atoms. The maximum Gasteiger partial charge on any atom is 0.333 e. The number of benzene rings is 2. The summed E-state index contributed by atoms with van der Waals surface area (Å²) in [5.41, 5.74) is 1.01. The maximum absolute atomic E-state index is 14.3. The minimum atomic E-state index is -0.582. The van der Waals surface area contributed by atoms with E-state index in [1.807, 2.05) is 12.1 Å². The highest BCUT2D eigenvalue weighted by molar-refractivity contribution is 5.88. The van der Waals surface area contributed by atoms with E-state index in [-0.39, 0.29) is 42.3 Å². The van der Waals surface area contributed by atoms with E-state index < -0.39 is 17.1 Å². The van der Waals surface area contributed by atoms with Crippen LogP contribution in [0.5, 0.6) is 0 Å². The lowest BCUT2D eigenvalue weighted by Crippen LogP contribution is -2.40. The van der Waals surface area contributed by atoms with Crippen LogP contribution in [-0.2, 0) is 24.3 Å². The molecule has 0 fully saturated rings. The summed E-state index contributed by atoms with van der Waals surface area (Å²) in [5.74, 6) is -0.178. The van der Waals surface area contributed by atoms with Crippen molar-refractivity contribution in [2.75, 3.05) is 11.9 Å². The summed E-state index contributed by atoms with van der Waals surface area (Å²) in [7, 11) is 0. The van der Waals surface area contributed by atoms with Crippen LogP contribution in [0, 0.1) is 5.82 Å². The van der Waals surface area contributed by atoms with Crippen LogP contribution in [0.4, 0.5) is 10.1 Å². The predicted octanol–water partition coefficient (Wildman–Crippen LogP) is 2.40. The molecule has 0 unspecified atom stereocenters. The minimum Gasteiger partial charge on any atom is -0.396 e. The van der Waals surface area contributed by atoms with Crippen molar-refractivity contribution in [3.63, 3.8) is 0 Å². The molecule has 3 N–H and O–H groups in total. The predicted molar refractivity (Wildman–Crippen MR) is 130 cm³/mol. The van der Waals surface area contributed by atoms with Gasteiger partial charge in [-0.1, -0.05) is 30.3 Å². The second kappa shape index (κ2) is 10.5. The lowest BCUT2D eigenvalue weighted by molar-refractivity contribution is -0.114. The number of unbranched alkanes of at least 4 members (excludes halogenated alkanes) is 1. The van der Waals surface area contributed by atoms with E-state index in [1.54, 1.807) is 24.3 Å². The van der Waals surface area contributed by atoms with Gasteiger partial charge < -0.3 is 15.4 Å². The van der Waals surface area contributed by atoms with E-state index in [0.29, 0.717) is 30.8 Å². The number of amides is 1. The molecule has 0 spiro atoms. The number of rotatable bonds is 9. The highest BCUT2D eigenvalue weighted by Crippen LogP contribution is 2.15. The van der Waals surface area contributed by atoms with Crippen molar-refractivity contribution < 1.29 is 14.3 Å². The zero-order chi connectivity index (χ0) is 24.9. The molecule has 4 rings (SSSR count). The summed E-state index contributed by atoms with van der Waals surface area (Å²) in [6, 6.07) is 13.2. The summed E-state index contributed by atoms with van der Waals surface area (Å²) >= 11 is 0. The van der Waals surface area contributed by atoms with Crippen LogP contribution < -0.4 is 16.6 Å². The third-order valence-electron chi connectivity index (χ3n) is 5.63. The van der Waals surface area contributed by atoms with Gasteiger partial charge in [0.2, 0.25) is 5.91 Å². The zero-order valence-corrected chi connectivity index (χ0v) is 19.3. The smallest absolute Gasteiger partial charge is 0.333 e. The van der Waals surface area contributed by atoms with E-state index >= 15 is 0 Å². The number of imidazole rings is 1. The molecule has 0 radical (unpaired) electrons. The van der Waals surface area contributed by atoms with Gasteiger partial charge in [-0.15, -0.1) is 0 Å². The fourth-order valence-electron chi connectivity index (χ4n) is 3.92. The number of carbonyl (C=O) groups is 1. The fourth-order valence-corrected chi connectivity index (χ4v) is 3.92. The van der Waals surface area contributed by atoms with Gasteiger partial charge in [-0.05, 0) is 36.6 Å². The first-order valence-electron chi connectivity index (χ1n) is 11.3. The van der Waals surface area contributed by atoms with Crippen LogP contribution in [-0.4, -0.2) is 36.7 Å². The van der Waals surface area contributed by atoms with Crippen molar-refractivity contribution in [2.24, 2.45) is 0 Å². The largest absolute Gasteiger partial charge is 0.396 e. The molecule has 0 aliphatic rings. The van der Waals surface area contributed by atoms with Gasteiger partial charge in [-0.2, -0.15) is 0 Å². The Morgan fingerprint density at radius 2 is 1.83 bits per heavy atom. The summed E-state index contributed by atoms with van der Waals surface area (Å²) in [4.78, 5) is 45.3. The van der Waals surface area contributed by atoms with Crippen molar-refractivity contribution in [3.05, 3.63) is 92.1 Å². The highest BCUT2D eigenvalue weighted by Gasteiger charge is 2.18. The van der Waals surface area contributed by atoms with Crippen LogP contribution in [0.25, 0.3) is 11.2 Å². The number of carbonyl (C=O) groups excluding carboxylic acids is 1. The lowest BCUT2D eigenvalue weighted by atomic mass is 10.1. The monoisotopic (exact) mass is 479 g/mol. The first kappa shape index (κ1) is 24.1. The topological polar surface area (TPSA) is 122 Å². The van der Waals surface area contributed by atoms with Crippen LogP contribution in [0.15, 0.2) is 58.1 Å². The first-order valence-corrected chi connectivity index (χ1v) is 11.3. The number of aliphatic hydroxyl groups excluding tert-OH is 1. The van der Waals surface area contributed by atoms with Crippen molar-refractivity contribution >= 4 is 22.8 Å². The van der Waals surface area contributed by atoms with E-state index in [4.69, 9.17) is 5.11 Å². The number of nitrogens with one attached hydrogen (secondary N) is 2. The second-order valence-corrected chi connectivity index (χ2v) is 8.28. The number of aryl methyl sites for hydroxylation is 1. The molecule has 0 atom stereocenters. The molecule has 2 aromatic carbocycles. The first-order chi connectivity index (χ1) is 16.9. The Labute approximate surface area is 199 Å². The molecule has 2 heterocycles. The Kier molecular flexibility index (Phi) is 7.21. The van der Waals surface area contributed by atoms with Crippen LogP contribution >= 0.6 is 0 Å². The Morgan fingerprint density at radius 1 is 1.09 bits per heavy atom. The van der Waals surface area contributed by atoms with Crippen LogP contribution in [0.3, 0.4) is 0 Å². The van der Waals surface area contributed by atoms with Gasteiger partial charge in [-0.25, -0.2) is 14.2 Å². The van der Waals surface area contributed by atoms with Crippen LogP contribution in [0.2, 0.25) is 0 Å². The normalized spacial score (nSPS) is 11.2. The van der Waals surface area contributed by atoms with Gasteiger partial charge >= 0.3 is 5.69 Å². The molecular weight excluding hydrogens is 453 g/mol. The Morgan fingerprint density at radius 3 is 2.51 bits per heavy atom. The summed E-state index contributed by atoms with van der Waals surface area (Å²) in [5, 5.41) is 11.9. The zero-order valence-electron chi connectivity index (χ0n) is 19.3. The van der Waals surface area contributed by atoms with E-state index in [9.17, 15) is 18.8 Å². The number of fused-ring (bicyclic) bond motifs is 1. The number of H-pyrrole nitrogens is 1. The Balaban J connectivity index is 1.74. The van der Waals surface area contributed by atoms with Gasteiger partial charge in [0, 0.05) is 37.7 Å². The molecule has 10 heteroatoms. The Hall–Kier alpha value is -4.05. The maximum atomic E-state index is 14.3. The third-order valence-corrected chi connectivity index (χ3v) is 5.63.